The van der Waals surface area contributed by atoms with E-state index in [0.717, 1.165) is 75.3 Å². The number of amides is 1. The van der Waals surface area contributed by atoms with Gasteiger partial charge in [-0.3, -0.25) is 9.69 Å². The van der Waals surface area contributed by atoms with Gasteiger partial charge in [0.15, 0.2) is 18.1 Å². The van der Waals surface area contributed by atoms with Crippen LogP contribution in [0.1, 0.15) is 44.1 Å². The van der Waals surface area contributed by atoms with Crippen LogP contribution in [0.4, 0.5) is 5.69 Å². The van der Waals surface area contributed by atoms with E-state index in [0.29, 0.717) is 30.0 Å². The number of pyridine rings is 1. The number of fused-ring (bicyclic) bond motifs is 2. The molecule has 0 unspecified atom stereocenters. The summed E-state index contributed by atoms with van der Waals surface area (Å²) in [5.41, 5.74) is 2.11. The third kappa shape index (κ3) is 7.91. The predicted molar refractivity (Wildman–Crippen MR) is 161 cm³/mol. The summed E-state index contributed by atoms with van der Waals surface area (Å²) in [4.78, 5) is 24.1. The number of anilines is 1. The van der Waals surface area contributed by atoms with Crippen LogP contribution >= 0.6 is 0 Å². The minimum atomic E-state index is 0.0449. The molecule has 0 radical (unpaired) electrons. The van der Waals surface area contributed by atoms with E-state index in [1.54, 1.807) is 6.20 Å². The molecule has 2 aromatic carbocycles. The molecule has 0 atom stereocenters. The maximum Gasteiger partial charge on any atom is 0.260 e. The minimum Gasteiger partial charge on any atom is -0.490 e. The number of likely N-dealkylation sites (tertiary alicyclic amines) is 1. The molecule has 1 saturated heterocycles. The predicted octanol–water partition coefficient (Wildman–Crippen LogP) is 5.76. The standard InChI is InChI=1S/C33H42N4O4/c1-35(2)28-12-9-13-29(23-28)40-25-32(38)36-20-16-27(17-21-36)37-19-7-3-4-8-22-39-30-14-5-6-15-31(30)41-33-26(24-37)11-10-18-34-33/h5-6,9-15,18,23,27H,3-4,7-8,16-17,19-22,24-25H2,1-2H3. The number of piperidine rings is 1. The largest absolute Gasteiger partial charge is 0.490 e. The highest BCUT2D eigenvalue weighted by Crippen LogP contribution is 2.33. The Morgan fingerprint density at radius 1 is 0.951 bits per heavy atom. The van der Waals surface area contributed by atoms with Gasteiger partial charge in [-0.15, -0.1) is 0 Å². The molecule has 1 amide bonds. The lowest BCUT2D eigenvalue weighted by Crippen LogP contribution is -2.48. The summed E-state index contributed by atoms with van der Waals surface area (Å²) in [6.45, 7) is 3.99. The number of aromatic nitrogens is 1. The Hall–Kier alpha value is -3.78. The smallest absolute Gasteiger partial charge is 0.260 e. The van der Waals surface area contributed by atoms with E-state index in [1.807, 2.05) is 78.5 Å². The number of carbonyl (C=O) groups is 1. The SMILES string of the molecule is CN(C)c1cccc(OCC(=O)N2CCC(N3CCCCCCOc4ccccc4Oc4ncccc4C3)CC2)c1. The van der Waals surface area contributed by atoms with Crippen molar-refractivity contribution in [2.45, 2.75) is 51.1 Å². The normalized spacial score (nSPS) is 17.3. The Morgan fingerprint density at radius 3 is 2.59 bits per heavy atom. The Kier molecular flexibility index (Phi) is 9.96. The monoisotopic (exact) mass is 558 g/mol. The van der Waals surface area contributed by atoms with Gasteiger partial charge in [0.2, 0.25) is 5.88 Å². The van der Waals surface area contributed by atoms with Gasteiger partial charge < -0.3 is 24.0 Å². The first-order valence-electron chi connectivity index (χ1n) is 14.8. The van der Waals surface area contributed by atoms with Gasteiger partial charge in [0.1, 0.15) is 5.75 Å². The zero-order valence-electron chi connectivity index (χ0n) is 24.3. The average Bonchev–Trinajstić information content (AvgIpc) is 3.00. The number of carbonyl (C=O) groups excluding carboxylic acids is 1. The van der Waals surface area contributed by atoms with Gasteiger partial charge >= 0.3 is 0 Å². The summed E-state index contributed by atoms with van der Waals surface area (Å²) in [6, 6.07) is 20.1. The number of benzene rings is 2. The number of hydrogen-bond donors (Lipinski definition) is 0. The molecule has 5 rings (SSSR count). The van der Waals surface area contributed by atoms with Crippen LogP contribution in [0.25, 0.3) is 0 Å². The van der Waals surface area contributed by atoms with Gasteiger partial charge in [-0.05, 0) is 62.6 Å². The maximum atomic E-state index is 13.0. The molecule has 0 aliphatic carbocycles. The zero-order valence-corrected chi connectivity index (χ0v) is 24.3. The van der Waals surface area contributed by atoms with Crippen molar-refractivity contribution in [1.82, 2.24) is 14.8 Å². The Bertz CT molecular complexity index is 1280. The van der Waals surface area contributed by atoms with Crippen molar-refractivity contribution in [3.8, 4) is 23.1 Å². The number of para-hydroxylation sites is 2. The summed E-state index contributed by atoms with van der Waals surface area (Å²) >= 11 is 0. The second-order valence-electron chi connectivity index (χ2n) is 11.0. The van der Waals surface area contributed by atoms with E-state index < -0.39 is 0 Å². The molecule has 8 nitrogen and oxygen atoms in total. The molecular weight excluding hydrogens is 516 g/mol. The molecule has 0 saturated carbocycles. The van der Waals surface area contributed by atoms with E-state index in [1.165, 1.54) is 6.42 Å². The number of nitrogens with zero attached hydrogens (tertiary/aromatic N) is 4. The van der Waals surface area contributed by atoms with Crippen molar-refractivity contribution in [1.29, 1.82) is 0 Å². The van der Waals surface area contributed by atoms with Gasteiger partial charge in [0.25, 0.3) is 5.91 Å². The van der Waals surface area contributed by atoms with Gasteiger partial charge in [-0.1, -0.05) is 37.1 Å². The van der Waals surface area contributed by atoms with Crippen molar-refractivity contribution in [3.63, 3.8) is 0 Å². The first-order valence-corrected chi connectivity index (χ1v) is 14.8. The molecule has 3 aromatic rings. The van der Waals surface area contributed by atoms with Crippen LogP contribution in [0, 0.1) is 0 Å². The highest BCUT2D eigenvalue weighted by atomic mass is 16.5. The minimum absolute atomic E-state index is 0.0449. The number of hydrogen-bond acceptors (Lipinski definition) is 7. The van der Waals surface area contributed by atoms with Crippen LogP contribution in [-0.2, 0) is 11.3 Å². The molecule has 41 heavy (non-hydrogen) atoms. The summed E-state index contributed by atoms with van der Waals surface area (Å²) in [5, 5.41) is 0. The van der Waals surface area contributed by atoms with Gasteiger partial charge in [-0.25, -0.2) is 4.98 Å². The summed E-state index contributed by atoms with van der Waals surface area (Å²) < 4.78 is 18.2. The fourth-order valence-electron chi connectivity index (χ4n) is 5.52. The van der Waals surface area contributed by atoms with Gasteiger partial charge in [0, 0.05) is 63.3 Å². The second-order valence-corrected chi connectivity index (χ2v) is 11.0. The van der Waals surface area contributed by atoms with Crippen LogP contribution in [-0.4, -0.2) is 73.7 Å². The first-order chi connectivity index (χ1) is 20.1. The van der Waals surface area contributed by atoms with E-state index in [-0.39, 0.29) is 12.5 Å². The van der Waals surface area contributed by atoms with Crippen LogP contribution < -0.4 is 19.1 Å². The van der Waals surface area contributed by atoms with Gasteiger partial charge in [-0.2, -0.15) is 0 Å². The zero-order chi connectivity index (χ0) is 28.4. The van der Waals surface area contributed by atoms with Gasteiger partial charge in [0.05, 0.1) is 6.61 Å². The van der Waals surface area contributed by atoms with Crippen LogP contribution in [0.3, 0.4) is 0 Å². The van der Waals surface area contributed by atoms with Crippen LogP contribution in [0.2, 0.25) is 0 Å². The van der Waals surface area contributed by atoms with E-state index in [2.05, 4.69) is 16.0 Å². The number of ether oxygens (including phenoxy) is 3. The average molecular weight is 559 g/mol. The molecule has 8 heteroatoms. The molecule has 0 bridgehead atoms. The molecule has 218 valence electrons. The lowest BCUT2D eigenvalue weighted by Gasteiger charge is -2.39. The quantitative estimate of drug-likeness (QED) is 0.394. The summed E-state index contributed by atoms with van der Waals surface area (Å²) in [5.74, 6) is 2.83. The molecule has 3 heterocycles. The van der Waals surface area contributed by atoms with E-state index >= 15 is 0 Å². The van der Waals surface area contributed by atoms with E-state index in [4.69, 9.17) is 14.2 Å². The Morgan fingerprint density at radius 2 is 1.76 bits per heavy atom. The third-order valence-corrected chi connectivity index (χ3v) is 7.91. The third-order valence-electron chi connectivity index (χ3n) is 7.91. The topological polar surface area (TPSA) is 67.4 Å². The molecule has 1 aromatic heterocycles. The molecule has 1 fully saturated rings. The lowest BCUT2D eigenvalue weighted by atomic mass is 10.0. The fourth-order valence-corrected chi connectivity index (χ4v) is 5.52. The lowest BCUT2D eigenvalue weighted by molar-refractivity contribution is -0.135. The molecular formula is C33H42N4O4. The summed E-state index contributed by atoms with van der Waals surface area (Å²) in [7, 11) is 3.98. The van der Waals surface area contributed by atoms with Crippen LogP contribution in [0.5, 0.6) is 23.1 Å². The second kappa shape index (κ2) is 14.2. The maximum absolute atomic E-state index is 13.0. The van der Waals surface area contributed by atoms with Crippen LogP contribution in [0.15, 0.2) is 66.9 Å². The van der Waals surface area contributed by atoms with Crippen molar-refractivity contribution in [2.75, 3.05) is 51.8 Å². The van der Waals surface area contributed by atoms with Crippen molar-refractivity contribution >= 4 is 11.6 Å². The number of rotatable bonds is 5. The fraction of sp³-hybridized carbons (Fsp3) is 0.455. The molecule has 0 spiro atoms. The Labute approximate surface area is 243 Å². The van der Waals surface area contributed by atoms with E-state index in [9.17, 15) is 4.79 Å². The molecule has 2 aliphatic heterocycles. The van der Waals surface area contributed by atoms with Crippen molar-refractivity contribution in [3.05, 3.63) is 72.4 Å². The highest BCUT2D eigenvalue weighted by Gasteiger charge is 2.28. The van der Waals surface area contributed by atoms with Crippen molar-refractivity contribution in [2.24, 2.45) is 0 Å². The Balaban J connectivity index is 1.22. The summed E-state index contributed by atoms with van der Waals surface area (Å²) in [6.07, 6.45) is 8.11. The molecule has 2 aliphatic rings. The first kappa shape index (κ1) is 28.7. The highest BCUT2D eigenvalue weighted by molar-refractivity contribution is 5.78. The van der Waals surface area contributed by atoms with Crippen molar-refractivity contribution < 1.29 is 19.0 Å². The molecule has 0 N–H and O–H groups in total.